The second-order valence-electron chi connectivity index (χ2n) is 4.31. The van der Waals surface area contributed by atoms with Gasteiger partial charge in [-0.25, -0.2) is 13.4 Å². The van der Waals surface area contributed by atoms with Crippen molar-refractivity contribution >= 4 is 27.3 Å². The number of aryl methyl sites for hydroxylation is 1. The van der Waals surface area contributed by atoms with E-state index in [4.69, 9.17) is 11.6 Å². The first kappa shape index (κ1) is 14.8. The number of hydrogen-bond donors (Lipinski definition) is 0. The Kier molecular flexibility index (Phi) is 4.30. The van der Waals surface area contributed by atoms with Gasteiger partial charge in [-0.15, -0.1) is 0 Å². The predicted octanol–water partition coefficient (Wildman–Crippen LogP) is 3.12. The second kappa shape index (κ2) is 5.81. The van der Waals surface area contributed by atoms with E-state index in [1.54, 1.807) is 12.1 Å². The van der Waals surface area contributed by atoms with E-state index in [0.717, 1.165) is 12.0 Å². The minimum absolute atomic E-state index is 0.115. The lowest BCUT2D eigenvalue weighted by atomic mass is 10.1. The molecule has 0 unspecified atom stereocenters. The molecule has 1 aromatic carbocycles. The SMILES string of the molecule is CCc1ccc(N(C)S(=O)(=O)c2ccc(Cl)nc2)cc1. The molecule has 20 heavy (non-hydrogen) atoms. The highest BCUT2D eigenvalue weighted by Crippen LogP contribution is 2.22. The van der Waals surface area contributed by atoms with Crippen LogP contribution in [0.3, 0.4) is 0 Å². The fourth-order valence-electron chi connectivity index (χ4n) is 1.75. The molecular formula is C14H15ClN2O2S. The van der Waals surface area contributed by atoms with E-state index in [-0.39, 0.29) is 10.0 Å². The van der Waals surface area contributed by atoms with Crippen molar-refractivity contribution < 1.29 is 8.42 Å². The topological polar surface area (TPSA) is 50.3 Å². The van der Waals surface area contributed by atoms with Gasteiger partial charge in [-0.05, 0) is 36.2 Å². The second-order valence-corrected chi connectivity index (χ2v) is 6.67. The average molecular weight is 311 g/mol. The van der Waals surface area contributed by atoms with Gasteiger partial charge >= 0.3 is 0 Å². The molecule has 0 radical (unpaired) electrons. The summed E-state index contributed by atoms with van der Waals surface area (Å²) >= 11 is 5.67. The minimum Gasteiger partial charge on any atom is -0.269 e. The maximum atomic E-state index is 12.4. The van der Waals surface area contributed by atoms with Crippen LogP contribution >= 0.6 is 11.6 Å². The van der Waals surface area contributed by atoms with Gasteiger partial charge < -0.3 is 0 Å². The van der Waals surface area contributed by atoms with Crippen molar-refractivity contribution in [3.63, 3.8) is 0 Å². The molecule has 0 saturated heterocycles. The van der Waals surface area contributed by atoms with Gasteiger partial charge in [0.25, 0.3) is 10.0 Å². The molecule has 0 fully saturated rings. The third-order valence-corrected chi connectivity index (χ3v) is 5.06. The van der Waals surface area contributed by atoms with Crippen molar-refractivity contribution in [3.8, 4) is 0 Å². The van der Waals surface area contributed by atoms with Gasteiger partial charge in [0.2, 0.25) is 0 Å². The number of anilines is 1. The van der Waals surface area contributed by atoms with Crippen LogP contribution in [0.5, 0.6) is 0 Å². The quantitative estimate of drug-likeness (QED) is 0.815. The van der Waals surface area contributed by atoms with Crippen molar-refractivity contribution in [1.82, 2.24) is 4.98 Å². The first-order valence-corrected chi connectivity index (χ1v) is 7.96. The molecule has 2 rings (SSSR count). The molecule has 1 aromatic heterocycles. The summed E-state index contributed by atoms with van der Waals surface area (Å²) in [5, 5.41) is 0.263. The maximum Gasteiger partial charge on any atom is 0.265 e. The van der Waals surface area contributed by atoms with Crippen LogP contribution in [0.15, 0.2) is 47.5 Å². The molecule has 6 heteroatoms. The van der Waals surface area contributed by atoms with Gasteiger partial charge in [0, 0.05) is 13.2 Å². The highest BCUT2D eigenvalue weighted by atomic mass is 35.5. The molecule has 2 aromatic rings. The van der Waals surface area contributed by atoms with Gasteiger partial charge in [-0.1, -0.05) is 30.7 Å². The summed E-state index contributed by atoms with van der Waals surface area (Å²) in [5.74, 6) is 0. The number of nitrogens with zero attached hydrogens (tertiary/aromatic N) is 2. The van der Waals surface area contributed by atoms with Crippen LogP contribution < -0.4 is 4.31 Å². The Morgan fingerprint density at radius 3 is 2.30 bits per heavy atom. The lowest BCUT2D eigenvalue weighted by Crippen LogP contribution is -2.26. The largest absolute Gasteiger partial charge is 0.269 e. The Hall–Kier alpha value is -1.59. The summed E-state index contributed by atoms with van der Waals surface area (Å²) in [5.41, 5.74) is 1.77. The molecule has 0 spiro atoms. The van der Waals surface area contributed by atoms with Crippen LogP contribution in [-0.2, 0) is 16.4 Å². The number of aromatic nitrogens is 1. The first-order valence-electron chi connectivity index (χ1n) is 6.14. The molecule has 1 heterocycles. The van der Waals surface area contributed by atoms with Gasteiger partial charge in [-0.2, -0.15) is 0 Å². The lowest BCUT2D eigenvalue weighted by Gasteiger charge is -2.19. The Morgan fingerprint density at radius 1 is 1.15 bits per heavy atom. The molecule has 106 valence electrons. The zero-order chi connectivity index (χ0) is 14.8. The zero-order valence-electron chi connectivity index (χ0n) is 11.2. The summed E-state index contributed by atoms with van der Waals surface area (Å²) in [6, 6.07) is 10.3. The Bertz CT molecular complexity index is 682. The number of halogens is 1. The number of pyridine rings is 1. The normalized spacial score (nSPS) is 11.3. The fourth-order valence-corrected chi connectivity index (χ4v) is 3.01. The van der Waals surface area contributed by atoms with Crippen LogP contribution in [-0.4, -0.2) is 20.4 Å². The Balaban J connectivity index is 2.35. The smallest absolute Gasteiger partial charge is 0.265 e. The molecule has 0 aliphatic rings. The minimum atomic E-state index is -3.62. The summed E-state index contributed by atoms with van der Waals surface area (Å²) in [6.07, 6.45) is 2.17. The average Bonchev–Trinajstić information content (AvgIpc) is 2.47. The van der Waals surface area contributed by atoms with Crippen LogP contribution in [0.4, 0.5) is 5.69 Å². The molecule has 4 nitrogen and oxygen atoms in total. The summed E-state index contributed by atoms with van der Waals surface area (Å²) in [7, 11) is -2.10. The third-order valence-electron chi connectivity index (χ3n) is 3.07. The van der Waals surface area contributed by atoms with Crippen molar-refractivity contribution in [2.24, 2.45) is 0 Å². The summed E-state index contributed by atoms with van der Waals surface area (Å²) in [4.78, 5) is 3.92. The van der Waals surface area contributed by atoms with Crippen LogP contribution in [0.25, 0.3) is 0 Å². The molecule has 0 aliphatic carbocycles. The molecule has 0 bridgehead atoms. The molecular weight excluding hydrogens is 296 g/mol. The van der Waals surface area contributed by atoms with Crippen molar-refractivity contribution in [2.75, 3.05) is 11.4 Å². The third kappa shape index (κ3) is 2.94. The summed E-state index contributed by atoms with van der Waals surface area (Å²) in [6.45, 7) is 2.05. The van der Waals surface area contributed by atoms with E-state index in [1.807, 2.05) is 12.1 Å². The van der Waals surface area contributed by atoms with Gasteiger partial charge in [-0.3, -0.25) is 4.31 Å². The van der Waals surface area contributed by atoms with Crippen LogP contribution in [0, 0.1) is 0 Å². The van der Waals surface area contributed by atoms with E-state index in [2.05, 4.69) is 11.9 Å². The first-order chi connectivity index (χ1) is 9.45. The zero-order valence-corrected chi connectivity index (χ0v) is 12.8. The van der Waals surface area contributed by atoms with E-state index < -0.39 is 10.0 Å². The van der Waals surface area contributed by atoms with Crippen LogP contribution in [0.2, 0.25) is 5.15 Å². The van der Waals surface area contributed by atoms with Gasteiger partial charge in [0.1, 0.15) is 10.0 Å². The Morgan fingerprint density at radius 2 is 1.80 bits per heavy atom. The van der Waals surface area contributed by atoms with Gasteiger partial charge in [0.05, 0.1) is 5.69 Å². The number of sulfonamides is 1. The highest BCUT2D eigenvalue weighted by molar-refractivity contribution is 7.92. The monoisotopic (exact) mass is 310 g/mol. The van der Waals surface area contributed by atoms with E-state index in [0.29, 0.717) is 5.69 Å². The van der Waals surface area contributed by atoms with E-state index in [9.17, 15) is 8.42 Å². The molecule has 0 saturated carbocycles. The molecule has 0 aliphatic heterocycles. The van der Waals surface area contributed by atoms with Crippen LogP contribution in [0.1, 0.15) is 12.5 Å². The standard InChI is InChI=1S/C14H15ClN2O2S/c1-3-11-4-6-12(7-5-11)17(2)20(18,19)13-8-9-14(15)16-10-13/h4-10H,3H2,1-2H3. The predicted molar refractivity (Wildman–Crippen MR) is 80.7 cm³/mol. The van der Waals surface area contributed by atoms with E-state index >= 15 is 0 Å². The number of benzene rings is 1. The van der Waals surface area contributed by atoms with E-state index in [1.165, 1.54) is 29.7 Å². The lowest BCUT2D eigenvalue weighted by molar-refractivity contribution is 0.594. The fraction of sp³-hybridized carbons (Fsp3) is 0.214. The molecule has 0 amide bonds. The summed E-state index contributed by atoms with van der Waals surface area (Å²) < 4.78 is 26.1. The van der Waals surface area contributed by atoms with Crippen molar-refractivity contribution in [3.05, 3.63) is 53.3 Å². The van der Waals surface area contributed by atoms with Crippen molar-refractivity contribution in [1.29, 1.82) is 0 Å². The molecule has 0 atom stereocenters. The van der Waals surface area contributed by atoms with Gasteiger partial charge in [0.15, 0.2) is 0 Å². The Labute approximate surface area is 124 Å². The van der Waals surface area contributed by atoms with Crippen molar-refractivity contribution in [2.45, 2.75) is 18.2 Å². The number of hydrogen-bond acceptors (Lipinski definition) is 3. The highest BCUT2D eigenvalue weighted by Gasteiger charge is 2.21. The maximum absolute atomic E-state index is 12.4. The molecule has 0 N–H and O–H groups in total. The number of rotatable bonds is 4.